The quantitative estimate of drug-likeness (QED) is 0.627. The summed E-state index contributed by atoms with van der Waals surface area (Å²) >= 11 is 6.50. The summed E-state index contributed by atoms with van der Waals surface area (Å²) in [6.07, 6.45) is 13.3. The lowest BCUT2D eigenvalue weighted by Gasteiger charge is -2.45. The summed E-state index contributed by atoms with van der Waals surface area (Å²) in [6.45, 7) is 0.991. The Bertz CT molecular complexity index is 254. The molecule has 2 aliphatic carbocycles. The molecule has 3 rings (SSSR count). The number of rotatable bonds is 1. The molecule has 2 heteroatoms. The van der Waals surface area contributed by atoms with Gasteiger partial charge in [-0.3, -0.25) is 0 Å². The molecule has 1 nitrogen and oxygen atoms in total. The third kappa shape index (κ3) is 2.51. The fourth-order valence-corrected chi connectivity index (χ4v) is 4.94. The topological polar surface area (TPSA) is 9.23 Å². The lowest BCUT2D eigenvalue weighted by molar-refractivity contribution is -0.124. The number of alkyl halides is 1. The Balaban J connectivity index is 1.66. The van der Waals surface area contributed by atoms with E-state index in [1.807, 2.05) is 0 Å². The average molecular weight is 257 g/mol. The summed E-state index contributed by atoms with van der Waals surface area (Å²) in [4.78, 5) is 0. The molecule has 3 fully saturated rings. The van der Waals surface area contributed by atoms with Gasteiger partial charge < -0.3 is 4.74 Å². The number of halogens is 1. The van der Waals surface area contributed by atoms with Crippen molar-refractivity contribution in [3.8, 4) is 0 Å². The van der Waals surface area contributed by atoms with Crippen LogP contribution in [-0.2, 0) is 4.74 Å². The van der Waals surface area contributed by atoms with Gasteiger partial charge in [0.15, 0.2) is 0 Å². The van der Waals surface area contributed by atoms with Crippen LogP contribution in [0.4, 0.5) is 0 Å². The third-order valence-electron chi connectivity index (χ3n) is 5.38. The minimum atomic E-state index is 0.264. The maximum absolute atomic E-state index is 6.50. The van der Waals surface area contributed by atoms with Gasteiger partial charge in [0.25, 0.3) is 0 Å². The van der Waals surface area contributed by atoms with E-state index < -0.39 is 0 Å². The van der Waals surface area contributed by atoms with Crippen molar-refractivity contribution in [2.75, 3.05) is 6.61 Å². The molecule has 17 heavy (non-hydrogen) atoms. The van der Waals surface area contributed by atoms with Crippen LogP contribution in [0.25, 0.3) is 0 Å². The first-order chi connectivity index (χ1) is 8.29. The van der Waals surface area contributed by atoms with Crippen molar-refractivity contribution in [2.45, 2.75) is 75.2 Å². The molecule has 1 aliphatic heterocycles. The van der Waals surface area contributed by atoms with Crippen LogP contribution in [0.15, 0.2) is 0 Å². The molecule has 98 valence electrons. The van der Waals surface area contributed by atoms with Crippen LogP contribution in [0.1, 0.15) is 64.2 Å². The Morgan fingerprint density at radius 2 is 1.76 bits per heavy atom. The first-order valence-electron chi connectivity index (χ1n) is 7.57. The van der Waals surface area contributed by atoms with E-state index >= 15 is 0 Å². The Labute approximate surface area is 110 Å². The van der Waals surface area contributed by atoms with Crippen molar-refractivity contribution >= 4 is 11.6 Å². The van der Waals surface area contributed by atoms with Gasteiger partial charge in [0.05, 0.1) is 5.60 Å². The molecule has 0 radical (unpaired) electrons. The van der Waals surface area contributed by atoms with Crippen LogP contribution in [0, 0.1) is 11.8 Å². The maximum atomic E-state index is 6.50. The smallest absolute Gasteiger partial charge is 0.0685 e. The van der Waals surface area contributed by atoms with Gasteiger partial charge in [0.1, 0.15) is 0 Å². The van der Waals surface area contributed by atoms with Crippen LogP contribution in [0.5, 0.6) is 0 Å². The molecule has 0 N–H and O–H groups in total. The van der Waals surface area contributed by atoms with Gasteiger partial charge in [0, 0.05) is 12.0 Å². The summed E-state index contributed by atoms with van der Waals surface area (Å²) in [7, 11) is 0. The Hall–Kier alpha value is 0.250. The SMILES string of the molecule is ClC1CCCC1C1CCOC2(CCCCC2)C1. The van der Waals surface area contributed by atoms with E-state index in [-0.39, 0.29) is 5.60 Å². The van der Waals surface area contributed by atoms with Crippen molar-refractivity contribution in [3.63, 3.8) is 0 Å². The van der Waals surface area contributed by atoms with E-state index in [2.05, 4.69) is 0 Å². The predicted molar refractivity (Wildman–Crippen MR) is 71.5 cm³/mol. The van der Waals surface area contributed by atoms with Gasteiger partial charge in [-0.25, -0.2) is 0 Å². The standard InChI is InChI=1S/C15H25ClO/c16-14-6-4-5-13(14)12-7-10-17-15(11-12)8-2-1-3-9-15/h12-14H,1-11H2. The van der Waals surface area contributed by atoms with Gasteiger partial charge in [0.2, 0.25) is 0 Å². The highest BCUT2D eigenvalue weighted by Gasteiger charge is 2.43. The lowest BCUT2D eigenvalue weighted by Crippen LogP contribution is -2.43. The zero-order valence-electron chi connectivity index (χ0n) is 10.8. The fourth-order valence-electron chi connectivity index (χ4n) is 4.45. The molecule has 1 spiro atoms. The van der Waals surface area contributed by atoms with E-state index in [0.29, 0.717) is 5.38 Å². The minimum Gasteiger partial charge on any atom is -0.375 e. The van der Waals surface area contributed by atoms with Gasteiger partial charge >= 0.3 is 0 Å². The summed E-state index contributed by atoms with van der Waals surface area (Å²) in [5.74, 6) is 1.64. The van der Waals surface area contributed by atoms with Gasteiger partial charge in [-0.15, -0.1) is 11.6 Å². The molecule has 0 aromatic rings. The Kier molecular flexibility index (Phi) is 3.68. The van der Waals surface area contributed by atoms with Crippen molar-refractivity contribution in [3.05, 3.63) is 0 Å². The molecule has 0 aromatic carbocycles. The normalized spacial score (nSPS) is 41.8. The van der Waals surface area contributed by atoms with Crippen LogP contribution >= 0.6 is 11.6 Å². The summed E-state index contributed by atoms with van der Waals surface area (Å²) in [5, 5.41) is 0.457. The van der Waals surface area contributed by atoms with Crippen molar-refractivity contribution < 1.29 is 4.74 Å². The first kappa shape index (κ1) is 12.3. The fraction of sp³-hybridized carbons (Fsp3) is 1.00. The summed E-state index contributed by atoms with van der Waals surface area (Å²) in [6, 6.07) is 0. The highest BCUT2D eigenvalue weighted by Crippen LogP contribution is 2.47. The van der Waals surface area contributed by atoms with E-state index in [9.17, 15) is 0 Å². The molecule has 3 aliphatic rings. The molecular weight excluding hydrogens is 232 g/mol. The molecule has 1 saturated heterocycles. The maximum Gasteiger partial charge on any atom is 0.0685 e. The Morgan fingerprint density at radius 3 is 2.47 bits per heavy atom. The van der Waals surface area contributed by atoms with Crippen LogP contribution < -0.4 is 0 Å². The number of hydrogen-bond donors (Lipinski definition) is 0. The van der Waals surface area contributed by atoms with Crippen LogP contribution in [0.3, 0.4) is 0 Å². The molecule has 1 heterocycles. The largest absolute Gasteiger partial charge is 0.375 e. The van der Waals surface area contributed by atoms with Gasteiger partial charge in [-0.2, -0.15) is 0 Å². The van der Waals surface area contributed by atoms with E-state index in [1.165, 1.54) is 64.2 Å². The van der Waals surface area contributed by atoms with E-state index in [0.717, 1.165) is 18.4 Å². The second-order valence-electron chi connectivity index (χ2n) is 6.46. The second-order valence-corrected chi connectivity index (χ2v) is 7.02. The average Bonchev–Trinajstić information content (AvgIpc) is 2.77. The summed E-state index contributed by atoms with van der Waals surface area (Å²) < 4.78 is 6.19. The van der Waals surface area contributed by atoms with Gasteiger partial charge in [-0.05, 0) is 50.4 Å². The zero-order chi connectivity index (χ0) is 11.7. The minimum absolute atomic E-state index is 0.264. The van der Waals surface area contributed by atoms with Gasteiger partial charge in [-0.1, -0.05) is 25.7 Å². The lowest BCUT2D eigenvalue weighted by atomic mass is 9.72. The summed E-state index contributed by atoms with van der Waals surface area (Å²) in [5.41, 5.74) is 0.264. The van der Waals surface area contributed by atoms with Crippen LogP contribution in [-0.4, -0.2) is 17.6 Å². The first-order valence-corrected chi connectivity index (χ1v) is 8.01. The monoisotopic (exact) mass is 256 g/mol. The molecule has 0 bridgehead atoms. The van der Waals surface area contributed by atoms with Crippen LogP contribution in [0.2, 0.25) is 0 Å². The predicted octanol–water partition coefficient (Wildman–Crippen LogP) is 4.52. The Morgan fingerprint density at radius 1 is 0.941 bits per heavy atom. The molecular formula is C15H25ClO. The zero-order valence-corrected chi connectivity index (χ0v) is 11.6. The highest BCUT2D eigenvalue weighted by molar-refractivity contribution is 6.20. The molecule has 0 aromatic heterocycles. The van der Waals surface area contributed by atoms with Crippen molar-refractivity contribution in [2.24, 2.45) is 11.8 Å². The second kappa shape index (κ2) is 5.09. The van der Waals surface area contributed by atoms with Crippen molar-refractivity contribution in [1.29, 1.82) is 0 Å². The van der Waals surface area contributed by atoms with E-state index in [1.54, 1.807) is 0 Å². The third-order valence-corrected chi connectivity index (χ3v) is 5.93. The van der Waals surface area contributed by atoms with E-state index in [4.69, 9.17) is 16.3 Å². The number of ether oxygens (including phenoxy) is 1. The highest BCUT2D eigenvalue weighted by atomic mass is 35.5. The van der Waals surface area contributed by atoms with Crippen molar-refractivity contribution in [1.82, 2.24) is 0 Å². The molecule has 2 saturated carbocycles. The molecule has 3 atom stereocenters. The molecule has 3 unspecified atom stereocenters. The molecule has 0 amide bonds. The number of hydrogen-bond acceptors (Lipinski definition) is 1.